The fourth-order valence-corrected chi connectivity index (χ4v) is 2.51. The third-order valence-electron chi connectivity index (χ3n) is 2.69. The summed E-state index contributed by atoms with van der Waals surface area (Å²) in [6.45, 7) is 2.02. The van der Waals surface area contributed by atoms with E-state index in [0.717, 1.165) is 29.0 Å². The van der Waals surface area contributed by atoms with Gasteiger partial charge in [-0.3, -0.25) is 4.68 Å². The zero-order chi connectivity index (χ0) is 12.3. The largest absolute Gasteiger partial charge is 0.387 e. The first-order valence-corrected chi connectivity index (χ1v) is 6.44. The molecule has 2 rings (SSSR count). The van der Waals surface area contributed by atoms with Crippen LogP contribution in [0.5, 0.6) is 0 Å². The maximum absolute atomic E-state index is 10.1. The summed E-state index contributed by atoms with van der Waals surface area (Å²) in [5.74, 6) is 0. The molecule has 0 saturated heterocycles. The van der Waals surface area contributed by atoms with Crippen LogP contribution in [0.4, 0.5) is 0 Å². The van der Waals surface area contributed by atoms with Crippen LogP contribution in [-0.2, 0) is 19.9 Å². The topological polar surface area (TPSA) is 63.8 Å². The molecular formula is C11H16N4OS. The highest BCUT2D eigenvalue weighted by Crippen LogP contribution is 2.24. The molecule has 2 aromatic heterocycles. The Kier molecular flexibility index (Phi) is 3.86. The van der Waals surface area contributed by atoms with E-state index in [9.17, 15) is 5.11 Å². The minimum Gasteiger partial charge on any atom is -0.387 e. The van der Waals surface area contributed by atoms with E-state index in [4.69, 9.17) is 0 Å². The Morgan fingerprint density at radius 2 is 2.35 bits per heavy atom. The van der Waals surface area contributed by atoms with Gasteiger partial charge in [0.2, 0.25) is 0 Å². The van der Waals surface area contributed by atoms with Gasteiger partial charge in [-0.25, -0.2) is 0 Å². The van der Waals surface area contributed by atoms with Crippen LogP contribution < -0.4 is 0 Å². The summed E-state index contributed by atoms with van der Waals surface area (Å²) in [7, 11) is 1.89. The van der Waals surface area contributed by atoms with Crippen LogP contribution in [0, 0.1) is 0 Å². The maximum atomic E-state index is 10.1. The van der Waals surface area contributed by atoms with Crippen molar-refractivity contribution in [2.24, 2.45) is 7.05 Å². The number of aliphatic hydroxyl groups excluding tert-OH is 1. The number of hydrogen-bond acceptors (Lipinski definition) is 5. The molecule has 0 aliphatic carbocycles. The first kappa shape index (κ1) is 12.2. The highest BCUT2D eigenvalue weighted by Gasteiger charge is 2.15. The van der Waals surface area contributed by atoms with Gasteiger partial charge in [0.1, 0.15) is 0 Å². The number of aliphatic hydroxyl groups is 1. The molecule has 92 valence electrons. The number of nitrogens with zero attached hydrogens (tertiary/aromatic N) is 4. The van der Waals surface area contributed by atoms with Crippen LogP contribution in [0.1, 0.15) is 35.6 Å². The summed E-state index contributed by atoms with van der Waals surface area (Å²) in [6, 6.07) is 0. The zero-order valence-electron chi connectivity index (χ0n) is 10.00. The first-order valence-electron chi connectivity index (χ1n) is 5.67. The molecule has 0 spiro atoms. The molecule has 6 heteroatoms. The summed E-state index contributed by atoms with van der Waals surface area (Å²) >= 11 is 1.29. The molecule has 0 aliphatic rings. The molecule has 0 aromatic carbocycles. The Labute approximate surface area is 104 Å². The van der Waals surface area contributed by atoms with Gasteiger partial charge in [0.15, 0.2) is 0 Å². The summed E-state index contributed by atoms with van der Waals surface area (Å²) < 4.78 is 5.66. The lowest BCUT2D eigenvalue weighted by Crippen LogP contribution is -2.00. The van der Waals surface area contributed by atoms with E-state index in [0.29, 0.717) is 6.42 Å². The van der Waals surface area contributed by atoms with Crippen molar-refractivity contribution in [3.05, 3.63) is 28.5 Å². The molecule has 1 N–H and O–H groups in total. The molecule has 1 atom stereocenters. The zero-order valence-corrected chi connectivity index (χ0v) is 10.8. The van der Waals surface area contributed by atoms with Crippen LogP contribution >= 0.6 is 11.5 Å². The van der Waals surface area contributed by atoms with E-state index in [-0.39, 0.29) is 0 Å². The molecule has 1 unspecified atom stereocenters. The van der Waals surface area contributed by atoms with E-state index in [1.807, 2.05) is 26.4 Å². The average molecular weight is 252 g/mol. The molecule has 0 aliphatic heterocycles. The molecule has 0 fully saturated rings. The number of rotatable bonds is 5. The van der Waals surface area contributed by atoms with Gasteiger partial charge in [0.25, 0.3) is 0 Å². The van der Waals surface area contributed by atoms with Crippen molar-refractivity contribution in [2.75, 3.05) is 0 Å². The van der Waals surface area contributed by atoms with E-state index in [1.165, 1.54) is 11.5 Å². The predicted octanol–water partition coefficient (Wildman–Crippen LogP) is 1.50. The minimum absolute atomic E-state index is 0.467. The maximum Gasteiger partial charge on any atom is 0.0920 e. The third kappa shape index (κ3) is 2.89. The van der Waals surface area contributed by atoms with Crippen LogP contribution in [0.2, 0.25) is 0 Å². The quantitative estimate of drug-likeness (QED) is 0.876. The Bertz CT molecular complexity index is 479. The monoisotopic (exact) mass is 252 g/mol. The van der Waals surface area contributed by atoms with Crippen molar-refractivity contribution in [1.29, 1.82) is 0 Å². The summed E-state index contributed by atoms with van der Waals surface area (Å²) in [4.78, 5) is 0.899. The van der Waals surface area contributed by atoms with Crippen LogP contribution in [0.3, 0.4) is 0 Å². The molecule has 0 amide bonds. The molecule has 0 bridgehead atoms. The molecule has 5 nitrogen and oxygen atoms in total. The van der Waals surface area contributed by atoms with Crippen LogP contribution in [0.15, 0.2) is 12.4 Å². The highest BCUT2D eigenvalue weighted by atomic mass is 32.1. The van der Waals surface area contributed by atoms with Crippen molar-refractivity contribution in [2.45, 2.75) is 32.3 Å². The summed E-state index contributed by atoms with van der Waals surface area (Å²) in [6.07, 6.45) is 5.65. The lowest BCUT2D eigenvalue weighted by atomic mass is 10.1. The lowest BCUT2D eigenvalue weighted by Gasteiger charge is -2.07. The SMILES string of the molecule is CCc1nnsc1C(O)CCc1cnn(C)c1. The molecular weight excluding hydrogens is 236 g/mol. The second kappa shape index (κ2) is 5.37. The fraction of sp³-hybridized carbons (Fsp3) is 0.545. The normalized spacial score (nSPS) is 12.9. The Morgan fingerprint density at radius 1 is 1.53 bits per heavy atom. The molecule has 2 heterocycles. The first-order chi connectivity index (χ1) is 8.20. The number of aromatic nitrogens is 4. The third-order valence-corrected chi connectivity index (χ3v) is 3.56. The van der Waals surface area contributed by atoms with Gasteiger partial charge in [-0.2, -0.15) is 5.10 Å². The van der Waals surface area contributed by atoms with Crippen molar-refractivity contribution >= 4 is 11.5 Å². The second-order valence-corrected chi connectivity index (χ2v) is 4.80. The number of aryl methyl sites for hydroxylation is 3. The van der Waals surface area contributed by atoms with E-state index in [1.54, 1.807) is 4.68 Å². The van der Waals surface area contributed by atoms with Crippen molar-refractivity contribution in [3.8, 4) is 0 Å². The van der Waals surface area contributed by atoms with E-state index < -0.39 is 6.10 Å². The average Bonchev–Trinajstić information content (AvgIpc) is 2.94. The van der Waals surface area contributed by atoms with Gasteiger partial charge in [-0.1, -0.05) is 11.4 Å². The van der Waals surface area contributed by atoms with Gasteiger partial charge in [0, 0.05) is 13.2 Å². The van der Waals surface area contributed by atoms with Gasteiger partial charge in [0.05, 0.1) is 22.9 Å². The Hall–Kier alpha value is -1.27. The molecule has 2 aromatic rings. The lowest BCUT2D eigenvalue weighted by molar-refractivity contribution is 0.170. The van der Waals surface area contributed by atoms with Gasteiger partial charge >= 0.3 is 0 Å². The van der Waals surface area contributed by atoms with Crippen molar-refractivity contribution in [1.82, 2.24) is 19.4 Å². The highest BCUT2D eigenvalue weighted by molar-refractivity contribution is 7.05. The minimum atomic E-state index is -0.467. The predicted molar refractivity (Wildman–Crippen MR) is 65.8 cm³/mol. The smallest absolute Gasteiger partial charge is 0.0920 e. The van der Waals surface area contributed by atoms with Crippen molar-refractivity contribution in [3.63, 3.8) is 0 Å². The van der Waals surface area contributed by atoms with Gasteiger partial charge in [-0.05, 0) is 36.4 Å². The van der Waals surface area contributed by atoms with E-state index in [2.05, 4.69) is 14.7 Å². The second-order valence-electron chi connectivity index (χ2n) is 4.01. The summed E-state index contributed by atoms with van der Waals surface area (Å²) in [5, 5.41) is 18.2. The van der Waals surface area contributed by atoms with Gasteiger partial charge < -0.3 is 5.11 Å². The summed E-state index contributed by atoms with van der Waals surface area (Å²) in [5.41, 5.74) is 2.05. The van der Waals surface area contributed by atoms with Crippen molar-refractivity contribution < 1.29 is 5.11 Å². The Balaban J connectivity index is 1.95. The fourth-order valence-electron chi connectivity index (χ4n) is 1.75. The standard InChI is InChI=1S/C11H16N4OS/c1-3-9-11(17-14-13-9)10(16)5-4-8-6-12-15(2)7-8/h6-7,10,16H,3-5H2,1-2H3. The molecule has 17 heavy (non-hydrogen) atoms. The molecule has 0 saturated carbocycles. The van der Waals surface area contributed by atoms with Gasteiger partial charge in [-0.15, -0.1) is 5.10 Å². The van der Waals surface area contributed by atoms with Crippen LogP contribution in [0.25, 0.3) is 0 Å². The Morgan fingerprint density at radius 3 is 3.00 bits per heavy atom. The van der Waals surface area contributed by atoms with E-state index >= 15 is 0 Å². The number of hydrogen-bond donors (Lipinski definition) is 1. The van der Waals surface area contributed by atoms with Crippen LogP contribution in [-0.4, -0.2) is 24.5 Å². The molecule has 0 radical (unpaired) electrons.